The molecule has 1 saturated carbocycles. The lowest BCUT2D eigenvalue weighted by atomic mass is 10.0. The number of benzene rings is 1. The topological polar surface area (TPSA) is 75.3 Å². The third-order valence-electron chi connectivity index (χ3n) is 3.85. The van der Waals surface area contributed by atoms with Crippen molar-refractivity contribution in [3.8, 4) is 0 Å². The highest BCUT2D eigenvalue weighted by atomic mass is 32.2. The Kier molecular flexibility index (Phi) is 5.24. The molecule has 1 aliphatic rings. The highest BCUT2D eigenvalue weighted by molar-refractivity contribution is 7.90. The Balaban J connectivity index is 1.92. The first-order valence-corrected chi connectivity index (χ1v) is 9.65. The number of rotatable bonds is 8. The standard InChI is InChI=1S/C16H24N2O3S/c1-3-17-11-13-5-4-6-14(9-13)18-15(19)10-16(7-8-16)12-22(2,20)21/h4-6,9,17H,3,7-8,10-12H2,1-2H3,(H,18,19). The Morgan fingerprint density at radius 3 is 2.64 bits per heavy atom. The fraction of sp³-hybridized carbons (Fsp3) is 0.562. The average molecular weight is 324 g/mol. The molecule has 1 aliphatic carbocycles. The Morgan fingerprint density at radius 1 is 1.32 bits per heavy atom. The Bertz CT molecular complexity index is 637. The first-order valence-electron chi connectivity index (χ1n) is 7.59. The van der Waals surface area contributed by atoms with Crippen molar-refractivity contribution in [1.29, 1.82) is 0 Å². The van der Waals surface area contributed by atoms with Crippen molar-refractivity contribution < 1.29 is 13.2 Å². The molecule has 0 radical (unpaired) electrons. The van der Waals surface area contributed by atoms with E-state index in [1.807, 2.05) is 31.2 Å². The van der Waals surface area contributed by atoms with Crippen LogP contribution in [0.5, 0.6) is 0 Å². The smallest absolute Gasteiger partial charge is 0.224 e. The van der Waals surface area contributed by atoms with Gasteiger partial charge in [0.2, 0.25) is 5.91 Å². The first-order chi connectivity index (χ1) is 10.3. The summed E-state index contributed by atoms with van der Waals surface area (Å²) < 4.78 is 22.9. The number of hydrogen-bond donors (Lipinski definition) is 2. The van der Waals surface area contributed by atoms with Crippen molar-refractivity contribution in [2.24, 2.45) is 5.41 Å². The van der Waals surface area contributed by atoms with E-state index in [4.69, 9.17) is 0 Å². The van der Waals surface area contributed by atoms with Crippen LogP contribution in [0.1, 0.15) is 31.7 Å². The molecule has 0 bridgehead atoms. The predicted octanol–water partition coefficient (Wildman–Crippen LogP) is 1.95. The Hall–Kier alpha value is -1.40. The molecule has 0 saturated heterocycles. The zero-order chi connectivity index (χ0) is 16.2. The summed E-state index contributed by atoms with van der Waals surface area (Å²) in [6.07, 6.45) is 3.13. The molecule has 0 atom stereocenters. The lowest BCUT2D eigenvalue weighted by Gasteiger charge is -2.14. The summed E-state index contributed by atoms with van der Waals surface area (Å²) in [4.78, 5) is 12.2. The second-order valence-electron chi connectivity index (χ2n) is 6.28. The quantitative estimate of drug-likeness (QED) is 0.766. The number of anilines is 1. The summed E-state index contributed by atoms with van der Waals surface area (Å²) in [7, 11) is -3.04. The molecule has 1 aromatic rings. The number of hydrogen-bond acceptors (Lipinski definition) is 4. The van der Waals surface area contributed by atoms with E-state index in [0.717, 1.165) is 37.2 Å². The van der Waals surface area contributed by atoms with E-state index in [1.165, 1.54) is 6.26 Å². The van der Waals surface area contributed by atoms with Gasteiger partial charge in [-0.25, -0.2) is 8.42 Å². The van der Waals surface area contributed by atoms with Crippen molar-refractivity contribution >= 4 is 21.4 Å². The first kappa shape index (κ1) is 17.0. The average Bonchev–Trinajstić information content (AvgIpc) is 3.13. The third kappa shape index (κ3) is 5.42. The zero-order valence-electron chi connectivity index (χ0n) is 13.2. The van der Waals surface area contributed by atoms with Crippen molar-refractivity contribution in [2.75, 3.05) is 23.9 Å². The Labute approximate surface area is 132 Å². The van der Waals surface area contributed by atoms with Gasteiger partial charge >= 0.3 is 0 Å². The van der Waals surface area contributed by atoms with Gasteiger partial charge in [0.15, 0.2) is 0 Å². The number of sulfone groups is 1. The van der Waals surface area contributed by atoms with Crippen LogP contribution in [0.15, 0.2) is 24.3 Å². The van der Waals surface area contributed by atoms with Crippen molar-refractivity contribution in [3.05, 3.63) is 29.8 Å². The van der Waals surface area contributed by atoms with Crippen LogP contribution in [-0.4, -0.2) is 32.9 Å². The third-order valence-corrected chi connectivity index (χ3v) is 4.99. The maximum absolute atomic E-state index is 12.2. The van der Waals surface area contributed by atoms with E-state index in [-0.39, 0.29) is 23.5 Å². The monoisotopic (exact) mass is 324 g/mol. The molecule has 2 rings (SSSR count). The molecule has 5 nitrogen and oxygen atoms in total. The minimum atomic E-state index is -3.04. The van der Waals surface area contributed by atoms with Gasteiger partial charge < -0.3 is 10.6 Å². The van der Waals surface area contributed by atoms with E-state index < -0.39 is 9.84 Å². The fourth-order valence-corrected chi connectivity index (χ4v) is 4.18. The van der Waals surface area contributed by atoms with E-state index in [1.54, 1.807) is 0 Å². The van der Waals surface area contributed by atoms with Gasteiger partial charge in [-0.2, -0.15) is 0 Å². The van der Waals surface area contributed by atoms with Crippen LogP contribution < -0.4 is 10.6 Å². The molecule has 0 spiro atoms. The highest BCUT2D eigenvalue weighted by Gasteiger charge is 2.46. The van der Waals surface area contributed by atoms with Crippen LogP contribution in [0.25, 0.3) is 0 Å². The van der Waals surface area contributed by atoms with Crippen LogP contribution in [0.3, 0.4) is 0 Å². The number of carbonyl (C=O) groups is 1. The molecule has 0 unspecified atom stereocenters. The summed E-state index contributed by atoms with van der Waals surface area (Å²) in [5, 5.41) is 6.12. The number of amides is 1. The molecule has 0 aliphatic heterocycles. The molecule has 0 heterocycles. The van der Waals surface area contributed by atoms with Gasteiger partial charge in [0.25, 0.3) is 0 Å². The molecule has 122 valence electrons. The lowest BCUT2D eigenvalue weighted by molar-refractivity contribution is -0.117. The molecule has 22 heavy (non-hydrogen) atoms. The fourth-order valence-electron chi connectivity index (χ4n) is 2.68. The highest BCUT2D eigenvalue weighted by Crippen LogP contribution is 2.49. The second kappa shape index (κ2) is 6.79. The molecule has 1 fully saturated rings. The van der Waals surface area contributed by atoms with Crippen LogP contribution in [-0.2, 0) is 21.2 Å². The van der Waals surface area contributed by atoms with Gasteiger partial charge in [-0.15, -0.1) is 0 Å². The minimum absolute atomic E-state index is 0.105. The van der Waals surface area contributed by atoms with Crippen molar-refractivity contribution in [2.45, 2.75) is 32.7 Å². The van der Waals surface area contributed by atoms with Gasteiger partial charge in [0.1, 0.15) is 9.84 Å². The minimum Gasteiger partial charge on any atom is -0.326 e. The molecule has 0 aromatic heterocycles. The molecule has 6 heteroatoms. The van der Waals surface area contributed by atoms with E-state index >= 15 is 0 Å². The van der Waals surface area contributed by atoms with Crippen LogP contribution in [0.4, 0.5) is 5.69 Å². The molecular weight excluding hydrogens is 300 g/mol. The van der Waals surface area contributed by atoms with E-state index in [9.17, 15) is 13.2 Å². The van der Waals surface area contributed by atoms with Crippen molar-refractivity contribution in [3.63, 3.8) is 0 Å². The van der Waals surface area contributed by atoms with Gasteiger partial charge in [0.05, 0.1) is 5.75 Å². The van der Waals surface area contributed by atoms with Crippen LogP contribution >= 0.6 is 0 Å². The summed E-state index contributed by atoms with van der Waals surface area (Å²) in [6, 6.07) is 7.70. The summed E-state index contributed by atoms with van der Waals surface area (Å²) in [5.41, 5.74) is 1.53. The molecular formula is C16H24N2O3S. The van der Waals surface area contributed by atoms with Gasteiger partial charge in [-0.1, -0.05) is 19.1 Å². The van der Waals surface area contributed by atoms with Gasteiger partial charge in [0, 0.05) is 24.9 Å². The molecule has 2 N–H and O–H groups in total. The summed E-state index contributed by atoms with van der Waals surface area (Å²) in [5.74, 6) is -0.00445. The summed E-state index contributed by atoms with van der Waals surface area (Å²) in [6.45, 7) is 3.70. The normalized spacial score (nSPS) is 16.3. The van der Waals surface area contributed by atoms with E-state index in [0.29, 0.717) is 0 Å². The largest absolute Gasteiger partial charge is 0.326 e. The number of carbonyl (C=O) groups excluding carboxylic acids is 1. The SMILES string of the molecule is CCNCc1cccc(NC(=O)CC2(CS(C)(=O)=O)CC2)c1. The van der Waals surface area contributed by atoms with Crippen LogP contribution in [0, 0.1) is 5.41 Å². The van der Waals surface area contributed by atoms with Crippen LogP contribution in [0.2, 0.25) is 0 Å². The van der Waals surface area contributed by atoms with Gasteiger partial charge in [-0.3, -0.25) is 4.79 Å². The van der Waals surface area contributed by atoms with Gasteiger partial charge in [-0.05, 0) is 42.5 Å². The Morgan fingerprint density at radius 2 is 2.05 bits per heavy atom. The molecule has 1 amide bonds. The zero-order valence-corrected chi connectivity index (χ0v) is 14.0. The maximum atomic E-state index is 12.2. The van der Waals surface area contributed by atoms with E-state index in [2.05, 4.69) is 10.6 Å². The summed E-state index contributed by atoms with van der Waals surface area (Å²) >= 11 is 0. The van der Waals surface area contributed by atoms with Crippen molar-refractivity contribution in [1.82, 2.24) is 5.32 Å². The lowest BCUT2D eigenvalue weighted by Crippen LogP contribution is -2.23. The number of nitrogens with one attached hydrogen (secondary N) is 2. The second-order valence-corrected chi connectivity index (χ2v) is 8.42. The molecule has 1 aromatic carbocycles. The predicted molar refractivity (Wildman–Crippen MR) is 88.4 cm³/mol. The maximum Gasteiger partial charge on any atom is 0.224 e.